The van der Waals surface area contributed by atoms with E-state index in [4.69, 9.17) is 9.97 Å². The van der Waals surface area contributed by atoms with E-state index in [1.807, 2.05) is 0 Å². The average molecular weight is 740 g/mol. The summed E-state index contributed by atoms with van der Waals surface area (Å²) in [6, 6.07) is 67.9. The van der Waals surface area contributed by atoms with Gasteiger partial charge in [0.05, 0.1) is 22.2 Å². The Morgan fingerprint density at radius 2 is 0.966 bits per heavy atom. The molecule has 0 amide bonds. The van der Waals surface area contributed by atoms with Crippen molar-refractivity contribution < 1.29 is 0 Å². The Bertz CT molecular complexity index is 3450. The second-order valence-corrected chi connectivity index (χ2v) is 16.1. The lowest BCUT2D eigenvalue weighted by Crippen LogP contribution is -2.17. The molecular weight excluding hydrogens is 703 g/mol. The number of fused-ring (bicyclic) bond motifs is 13. The van der Waals surface area contributed by atoms with Gasteiger partial charge in [-0.25, -0.2) is 9.97 Å². The first-order valence-electron chi connectivity index (χ1n) is 20.1. The topological polar surface area (TPSA) is 30.7 Å². The van der Waals surface area contributed by atoms with E-state index in [2.05, 4.69) is 206 Å². The average Bonchev–Trinajstić information content (AvgIpc) is 3.75. The molecule has 0 bridgehead atoms. The number of para-hydroxylation sites is 2. The predicted octanol–water partition coefficient (Wildman–Crippen LogP) is 14.3. The Hall–Kier alpha value is -7.36. The highest BCUT2D eigenvalue weighted by Crippen LogP contribution is 2.57. The number of benzene rings is 9. The van der Waals surface area contributed by atoms with Crippen LogP contribution in [0.4, 0.5) is 0 Å². The van der Waals surface area contributed by atoms with E-state index < -0.39 is 0 Å². The summed E-state index contributed by atoms with van der Waals surface area (Å²) in [6.45, 7) is 4.85. The van der Waals surface area contributed by atoms with Crippen LogP contribution in [0, 0.1) is 0 Å². The van der Waals surface area contributed by atoms with E-state index >= 15 is 0 Å². The second kappa shape index (κ2) is 12.3. The number of hydrogen-bond acceptors (Lipinski definition) is 2. The van der Waals surface area contributed by atoms with E-state index in [9.17, 15) is 0 Å². The van der Waals surface area contributed by atoms with Gasteiger partial charge in [-0.3, -0.25) is 0 Å². The molecule has 0 radical (unpaired) electrons. The molecular formula is C55H37N3. The molecule has 3 nitrogen and oxygen atoms in total. The van der Waals surface area contributed by atoms with E-state index in [0.717, 1.165) is 33.4 Å². The Kier molecular flexibility index (Phi) is 6.98. The number of nitrogens with zero attached hydrogens (tertiary/aromatic N) is 3. The van der Waals surface area contributed by atoms with E-state index in [-0.39, 0.29) is 5.41 Å². The van der Waals surface area contributed by atoms with Crippen molar-refractivity contribution in [2.24, 2.45) is 0 Å². The fourth-order valence-corrected chi connectivity index (χ4v) is 10.00. The number of aromatic nitrogens is 3. The molecule has 9 aromatic carbocycles. The van der Waals surface area contributed by atoms with Crippen LogP contribution in [-0.2, 0) is 5.41 Å². The zero-order valence-corrected chi connectivity index (χ0v) is 32.2. The summed E-state index contributed by atoms with van der Waals surface area (Å²) in [7, 11) is 0. The van der Waals surface area contributed by atoms with Crippen molar-refractivity contribution in [2.45, 2.75) is 19.3 Å². The standard InChI is InChI=1S/C55H37N3/c1-55(2)50-43-20-9-7-17-40(43)39-16-6-8-19-42(39)49(50)46-33-32-44-41-18-11-13-23-48(41)58(53(44)51(46)55)38-30-28-37(29-31-38)54-56-47-22-12-10-21-45(47)52(57-54)36-26-24-35(25-27-36)34-14-4-3-5-15-34/h3-33H,1-2H3. The molecule has 0 saturated carbocycles. The van der Waals surface area contributed by atoms with Gasteiger partial charge in [0.25, 0.3) is 0 Å². The van der Waals surface area contributed by atoms with Gasteiger partial charge in [0, 0.05) is 38.4 Å². The maximum atomic E-state index is 5.26. The molecule has 0 aliphatic heterocycles. The van der Waals surface area contributed by atoms with Crippen LogP contribution in [0.5, 0.6) is 0 Å². The number of rotatable bonds is 4. The van der Waals surface area contributed by atoms with Crippen LogP contribution >= 0.6 is 0 Å². The van der Waals surface area contributed by atoms with Crippen LogP contribution in [0.2, 0.25) is 0 Å². The predicted molar refractivity (Wildman–Crippen MR) is 243 cm³/mol. The minimum atomic E-state index is -0.255. The highest BCUT2D eigenvalue weighted by molar-refractivity contribution is 6.21. The highest BCUT2D eigenvalue weighted by Gasteiger charge is 2.41. The summed E-state index contributed by atoms with van der Waals surface area (Å²) in [5.74, 6) is 0.714. The van der Waals surface area contributed by atoms with Gasteiger partial charge in [0.15, 0.2) is 5.82 Å². The number of hydrogen-bond donors (Lipinski definition) is 0. The third-order valence-corrected chi connectivity index (χ3v) is 12.5. The molecule has 11 aromatic rings. The summed E-state index contributed by atoms with van der Waals surface area (Å²) < 4.78 is 2.49. The molecule has 0 unspecified atom stereocenters. The van der Waals surface area contributed by atoms with Crippen LogP contribution in [-0.4, -0.2) is 14.5 Å². The first kappa shape index (κ1) is 32.8. The molecule has 0 spiro atoms. The highest BCUT2D eigenvalue weighted by atomic mass is 15.0. The fraction of sp³-hybridized carbons (Fsp3) is 0.0545. The first-order chi connectivity index (χ1) is 28.5. The molecule has 12 rings (SSSR count). The normalized spacial score (nSPS) is 13.1. The third kappa shape index (κ3) is 4.68. The zero-order chi connectivity index (χ0) is 38.5. The van der Waals surface area contributed by atoms with Crippen molar-refractivity contribution in [3.05, 3.63) is 199 Å². The van der Waals surface area contributed by atoms with Crippen LogP contribution in [0.3, 0.4) is 0 Å². The molecule has 272 valence electrons. The summed E-state index contributed by atoms with van der Waals surface area (Å²) in [4.78, 5) is 10.4. The molecule has 3 heteroatoms. The summed E-state index contributed by atoms with van der Waals surface area (Å²) in [5.41, 5.74) is 15.1. The summed E-state index contributed by atoms with van der Waals surface area (Å²) >= 11 is 0. The van der Waals surface area contributed by atoms with Gasteiger partial charge in [-0.2, -0.15) is 0 Å². The molecule has 2 heterocycles. The van der Waals surface area contributed by atoms with E-state index in [1.54, 1.807) is 0 Å². The van der Waals surface area contributed by atoms with Crippen molar-refractivity contribution in [1.29, 1.82) is 0 Å². The lowest BCUT2D eigenvalue weighted by atomic mass is 9.78. The minimum Gasteiger partial charge on any atom is -0.309 e. The lowest BCUT2D eigenvalue weighted by molar-refractivity contribution is 0.670. The lowest BCUT2D eigenvalue weighted by Gasteiger charge is -2.25. The summed E-state index contributed by atoms with van der Waals surface area (Å²) in [5, 5.41) is 8.84. The van der Waals surface area contributed by atoms with Crippen molar-refractivity contribution in [3.8, 4) is 50.6 Å². The van der Waals surface area contributed by atoms with Gasteiger partial charge in [-0.1, -0.05) is 166 Å². The quantitative estimate of drug-likeness (QED) is 0.168. The Balaban J connectivity index is 1.03. The van der Waals surface area contributed by atoms with Crippen LogP contribution in [0.25, 0.3) is 105 Å². The van der Waals surface area contributed by atoms with E-state index in [0.29, 0.717) is 5.82 Å². The second-order valence-electron chi connectivity index (χ2n) is 16.1. The van der Waals surface area contributed by atoms with Gasteiger partial charge >= 0.3 is 0 Å². The maximum Gasteiger partial charge on any atom is 0.160 e. The summed E-state index contributed by atoms with van der Waals surface area (Å²) in [6.07, 6.45) is 0. The van der Waals surface area contributed by atoms with Gasteiger partial charge in [-0.15, -0.1) is 0 Å². The van der Waals surface area contributed by atoms with Crippen LogP contribution in [0.1, 0.15) is 25.0 Å². The van der Waals surface area contributed by atoms with E-state index in [1.165, 1.54) is 76.7 Å². The van der Waals surface area contributed by atoms with Crippen molar-refractivity contribution in [2.75, 3.05) is 0 Å². The van der Waals surface area contributed by atoms with Crippen molar-refractivity contribution in [3.63, 3.8) is 0 Å². The molecule has 1 aliphatic carbocycles. The largest absolute Gasteiger partial charge is 0.309 e. The smallest absolute Gasteiger partial charge is 0.160 e. The molecule has 0 saturated heterocycles. The van der Waals surface area contributed by atoms with Crippen LogP contribution < -0.4 is 0 Å². The molecule has 1 aliphatic rings. The van der Waals surface area contributed by atoms with Gasteiger partial charge in [-0.05, 0) is 91.3 Å². The molecule has 58 heavy (non-hydrogen) atoms. The van der Waals surface area contributed by atoms with Crippen molar-refractivity contribution in [1.82, 2.24) is 14.5 Å². The third-order valence-electron chi connectivity index (χ3n) is 12.5. The molecule has 2 aromatic heterocycles. The monoisotopic (exact) mass is 739 g/mol. The first-order valence-corrected chi connectivity index (χ1v) is 20.1. The Morgan fingerprint density at radius 1 is 0.397 bits per heavy atom. The fourth-order valence-electron chi connectivity index (χ4n) is 10.00. The van der Waals surface area contributed by atoms with Gasteiger partial charge in [0.2, 0.25) is 0 Å². The van der Waals surface area contributed by atoms with Gasteiger partial charge < -0.3 is 4.57 Å². The maximum absolute atomic E-state index is 5.26. The van der Waals surface area contributed by atoms with Crippen molar-refractivity contribution >= 4 is 54.3 Å². The SMILES string of the molecule is CC1(C)c2c(c3ccccc3c3ccccc23)-c2ccc3c4ccccc4n(-c4ccc(-c5nc(-c6ccc(-c7ccccc7)cc6)c6ccccc6n5)cc4)c3c21. The van der Waals surface area contributed by atoms with Crippen LogP contribution in [0.15, 0.2) is 188 Å². The Labute approximate surface area is 336 Å². The molecule has 0 N–H and O–H groups in total. The Morgan fingerprint density at radius 3 is 1.72 bits per heavy atom. The molecule has 0 fully saturated rings. The molecule has 0 atom stereocenters. The van der Waals surface area contributed by atoms with Gasteiger partial charge in [0.1, 0.15) is 0 Å². The zero-order valence-electron chi connectivity index (χ0n) is 32.2. The minimum absolute atomic E-state index is 0.255.